The van der Waals surface area contributed by atoms with Crippen LogP contribution >= 0.6 is 0 Å². The van der Waals surface area contributed by atoms with Gasteiger partial charge in [-0.15, -0.1) is 0 Å². The molecule has 0 saturated heterocycles. The fourth-order valence-corrected chi connectivity index (χ4v) is 2.12. The van der Waals surface area contributed by atoms with Gasteiger partial charge < -0.3 is 5.73 Å². The van der Waals surface area contributed by atoms with Crippen LogP contribution in [0.25, 0.3) is 0 Å². The number of nitrogens with zero attached hydrogens (tertiary/aromatic N) is 3. The Hall–Kier alpha value is -1.84. The molecule has 4 heteroatoms. The van der Waals surface area contributed by atoms with Crippen LogP contribution < -0.4 is 5.73 Å². The summed E-state index contributed by atoms with van der Waals surface area (Å²) in [7, 11) is 0. The minimum Gasteiger partial charge on any atom is -0.398 e. The van der Waals surface area contributed by atoms with Gasteiger partial charge >= 0.3 is 0 Å². The second-order valence-corrected chi connectivity index (χ2v) is 4.51. The zero-order valence-electron chi connectivity index (χ0n) is 11.0. The van der Waals surface area contributed by atoms with E-state index in [1.807, 2.05) is 12.3 Å². The van der Waals surface area contributed by atoms with E-state index >= 15 is 0 Å². The van der Waals surface area contributed by atoms with E-state index in [9.17, 15) is 0 Å². The molecular weight excluding hydrogens is 224 g/mol. The van der Waals surface area contributed by atoms with E-state index < -0.39 is 0 Å². The summed E-state index contributed by atoms with van der Waals surface area (Å²) >= 11 is 0. The molecule has 0 aromatic carbocycles. The van der Waals surface area contributed by atoms with E-state index in [-0.39, 0.29) is 0 Å². The van der Waals surface area contributed by atoms with Gasteiger partial charge in [-0.2, -0.15) is 5.10 Å². The molecule has 2 rings (SSSR count). The van der Waals surface area contributed by atoms with Crippen molar-refractivity contribution in [1.82, 2.24) is 14.8 Å². The fourth-order valence-electron chi connectivity index (χ4n) is 2.12. The highest BCUT2D eigenvalue weighted by molar-refractivity contribution is 5.45. The molecule has 0 saturated carbocycles. The Morgan fingerprint density at radius 3 is 2.72 bits per heavy atom. The van der Waals surface area contributed by atoms with E-state index in [1.165, 1.54) is 0 Å². The molecule has 0 amide bonds. The summed E-state index contributed by atoms with van der Waals surface area (Å²) < 4.78 is 2.06. The first kappa shape index (κ1) is 12.6. The SMILES string of the molecule is CCC(CC)n1ccc(Cc2cnccc2N)n1. The van der Waals surface area contributed by atoms with E-state index in [2.05, 4.69) is 40.9 Å². The quantitative estimate of drug-likeness (QED) is 0.879. The lowest BCUT2D eigenvalue weighted by molar-refractivity contribution is 0.426. The van der Waals surface area contributed by atoms with Crippen LogP contribution in [0.15, 0.2) is 30.7 Å². The molecule has 0 radical (unpaired) electrons. The Kier molecular flexibility index (Phi) is 3.97. The minimum absolute atomic E-state index is 0.491. The maximum atomic E-state index is 5.91. The van der Waals surface area contributed by atoms with Gasteiger partial charge in [0.15, 0.2) is 0 Å². The lowest BCUT2D eigenvalue weighted by Gasteiger charge is -2.12. The van der Waals surface area contributed by atoms with Crippen LogP contribution in [0.5, 0.6) is 0 Å². The smallest absolute Gasteiger partial charge is 0.0669 e. The summed E-state index contributed by atoms with van der Waals surface area (Å²) in [6, 6.07) is 4.38. The third-order valence-electron chi connectivity index (χ3n) is 3.29. The topological polar surface area (TPSA) is 56.7 Å². The Morgan fingerprint density at radius 2 is 2.06 bits per heavy atom. The van der Waals surface area contributed by atoms with Gasteiger partial charge in [0.25, 0.3) is 0 Å². The van der Waals surface area contributed by atoms with Crippen molar-refractivity contribution < 1.29 is 0 Å². The number of nitrogen functional groups attached to an aromatic ring is 1. The first-order valence-corrected chi connectivity index (χ1v) is 6.47. The van der Waals surface area contributed by atoms with E-state index in [1.54, 1.807) is 6.20 Å². The summed E-state index contributed by atoms with van der Waals surface area (Å²) in [6.07, 6.45) is 8.53. The molecule has 0 aliphatic heterocycles. The van der Waals surface area contributed by atoms with Gasteiger partial charge in [-0.1, -0.05) is 13.8 Å². The number of hydrogen-bond donors (Lipinski definition) is 1. The minimum atomic E-state index is 0.491. The molecule has 0 bridgehead atoms. The van der Waals surface area contributed by atoms with Crippen LogP contribution in [0.4, 0.5) is 5.69 Å². The number of hydrogen-bond acceptors (Lipinski definition) is 3. The van der Waals surface area contributed by atoms with E-state index in [4.69, 9.17) is 5.73 Å². The number of nitrogens with two attached hydrogens (primary N) is 1. The zero-order chi connectivity index (χ0) is 13.0. The van der Waals surface area contributed by atoms with Crippen LogP contribution in [-0.2, 0) is 6.42 Å². The van der Waals surface area contributed by atoms with Gasteiger partial charge in [0, 0.05) is 30.7 Å². The second-order valence-electron chi connectivity index (χ2n) is 4.51. The van der Waals surface area contributed by atoms with Crippen LogP contribution in [0.2, 0.25) is 0 Å². The molecule has 96 valence electrons. The standard InChI is InChI=1S/C14H20N4/c1-3-13(4-2)18-8-6-12(17-18)9-11-10-16-7-5-14(11)15/h5-8,10,13H,3-4,9H2,1-2H3,(H2,15,16). The molecule has 2 N–H and O–H groups in total. The lowest BCUT2D eigenvalue weighted by atomic mass is 10.1. The van der Waals surface area contributed by atoms with Crippen molar-refractivity contribution in [1.29, 1.82) is 0 Å². The maximum Gasteiger partial charge on any atom is 0.0669 e. The first-order valence-electron chi connectivity index (χ1n) is 6.47. The second kappa shape index (κ2) is 5.67. The Balaban J connectivity index is 2.14. The average molecular weight is 244 g/mol. The van der Waals surface area contributed by atoms with E-state index in [0.717, 1.165) is 36.2 Å². The fraction of sp³-hybridized carbons (Fsp3) is 0.429. The number of pyridine rings is 1. The van der Waals surface area contributed by atoms with Crippen LogP contribution in [-0.4, -0.2) is 14.8 Å². The Labute approximate surface area is 108 Å². The third-order valence-corrected chi connectivity index (χ3v) is 3.29. The van der Waals surface area contributed by atoms with Crippen LogP contribution in [0.1, 0.15) is 44.0 Å². The summed E-state index contributed by atoms with van der Waals surface area (Å²) in [5.41, 5.74) is 8.77. The molecule has 4 nitrogen and oxygen atoms in total. The molecule has 2 aromatic rings. The van der Waals surface area contributed by atoms with Gasteiger partial charge in [0.05, 0.1) is 11.7 Å². The molecule has 18 heavy (non-hydrogen) atoms. The summed E-state index contributed by atoms with van der Waals surface area (Å²) in [4.78, 5) is 4.10. The third kappa shape index (κ3) is 2.70. The lowest BCUT2D eigenvalue weighted by Crippen LogP contribution is -2.08. The van der Waals surface area contributed by atoms with Gasteiger partial charge in [-0.3, -0.25) is 9.67 Å². The van der Waals surface area contributed by atoms with Gasteiger partial charge in [-0.25, -0.2) is 0 Å². The molecular formula is C14H20N4. The predicted molar refractivity (Wildman–Crippen MR) is 73.3 cm³/mol. The summed E-state index contributed by atoms with van der Waals surface area (Å²) in [6.45, 7) is 4.38. The van der Waals surface area contributed by atoms with E-state index in [0.29, 0.717) is 6.04 Å². The van der Waals surface area contributed by atoms with Crippen molar-refractivity contribution in [2.75, 3.05) is 5.73 Å². The van der Waals surface area contributed by atoms with Crippen molar-refractivity contribution in [3.05, 3.63) is 42.0 Å². The summed E-state index contributed by atoms with van der Waals surface area (Å²) in [5.74, 6) is 0. The predicted octanol–water partition coefficient (Wildman–Crippen LogP) is 2.81. The molecule has 0 aliphatic rings. The highest BCUT2D eigenvalue weighted by atomic mass is 15.3. The molecule has 0 fully saturated rings. The summed E-state index contributed by atoms with van der Waals surface area (Å²) in [5, 5.41) is 4.62. The monoisotopic (exact) mass is 244 g/mol. The average Bonchev–Trinajstić information content (AvgIpc) is 2.82. The van der Waals surface area contributed by atoms with Gasteiger partial charge in [0.1, 0.15) is 0 Å². The molecule has 0 unspecified atom stereocenters. The molecule has 0 aliphatic carbocycles. The molecule has 0 spiro atoms. The van der Waals surface area contributed by atoms with Crippen molar-refractivity contribution in [3.63, 3.8) is 0 Å². The highest BCUT2D eigenvalue weighted by Crippen LogP contribution is 2.17. The molecule has 0 atom stereocenters. The molecule has 2 heterocycles. The number of rotatable bonds is 5. The Bertz CT molecular complexity index is 500. The van der Waals surface area contributed by atoms with Crippen LogP contribution in [0.3, 0.4) is 0 Å². The van der Waals surface area contributed by atoms with Crippen molar-refractivity contribution >= 4 is 5.69 Å². The molecule has 2 aromatic heterocycles. The van der Waals surface area contributed by atoms with Crippen LogP contribution in [0, 0.1) is 0 Å². The zero-order valence-corrected chi connectivity index (χ0v) is 11.0. The van der Waals surface area contributed by atoms with Crippen molar-refractivity contribution in [2.45, 2.75) is 39.2 Å². The number of aromatic nitrogens is 3. The van der Waals surface area contributed by atoms with Gasteiger partial charge in [0.2, 0.25) is 0 Å². The van der Waals surface area contributed by atoms with Crippen molar-refractivity contribution in [2.24, 2.45) is 0 Å². The Morgan fingerprint density at radius 1 is 1.28 bits per heavy atom. The maximum absolute atomic E-state index is 5.91. The van der Waals surface area contributed by atoms with Crippen molar-refractivity contribution in [3.8, 4) is 0 Å². The largest absolute Gasteiger partial charge is 0.398 e. The first-order chi connectivity index (χ1) is 8.74. The van der Waals surface area contributed by atoms with Gasteiger partial charge in [-0.05, 0) is 30.5 Å². The number of anilines is 1. The normalized spacial score (nSPS) is 11.1. The highest BCUT2D eigenvalue weighted by Gasteiger charge is 2.09.